The molecule has 1 aliphatic rings. The van der Waals surface area contributed by atoms with Crippen LogP contribution in [-0.2, 0) is 23.6 Å². The van der Waals surface area contributed by atoms with Crippen LogP contribution in [0.5, 0.6) is 0 Å². The molecule has 6 nitrogen and oxygen atoms in total. The van der Waals surface area contributed by atoms with Gasteiger partial charge >= 0.3 is 5.97 Å². The maximum Gasteiger partial charge on any atom is 0.335 e. The normalized spacial score (nSPS) is 15.8. The summed E-state index contributed by atoms with van der Waals surface area (Å²) in [6, 6.07) is 20.3. The summed E-state index contributed by atoms with van der Waals surface area (Å²) in [4.78, 5) is 41.0. The van der Waals surface area contributed by atoms with Gasteiger partial charge in [0.1, 0.15) is 0 Å². The number of carbonyl (C=O) groups is 3. The second-order valence-corrected chi connectivity index (χ2v) is 13.1. The summed E-state index contributed by atoms with van der Waals surface area (Å²) in [5, 5.41) is 2.57. The number of imide groups is 1. The molecule has 0 aliphatic carbocycles. The second-order valence-electron chi connectivity index (χ2n) is 8.84. The molecule has 3 rings (SSSR count). The summed E-state index contributed by atoms with van der Waals surface area (Å²) in [7, 11) is -2.81. The zero-order chi connectivity index (χ0) is 22.6. The van der Waals surface area contributed by atoms with Crippen LogP contribution in [0.2, 0.25) is 5.04 Å². The van der Waals surface area contributed by atoms with Crippen LogP contribution in [0.15, 0.2) is 60.7 Å². The molecular weight excluding hydrogens is 410 g/mol. The van der Waals surface area contributed by atoms with Gasteiger partial charge in [0.2, 0.25) is 0 Å². The van der Waals surface area contributed by atoms with E-state index in [0.29, 0.717) is 5.06 Å². The fourth-order valence-electron chi connectivity index (χ4n) is 4.07. The molecular formula is C24H29NO5Si. The number of hydrogen-bond donors (Lipinski definition) is 0. The van der Waals surface area contributed by atoms with Crippen LogP contribution < -0.4 is 10.4 Å². The minimum absolute atomic E-state index is 0.0679. The van der Waals surface area contributed by atoms with Crippen LogP contribution in [0.1, 0.15) is 47.0 Å². The van der Waals surface area contributed by atoms with Gasteiger partial charge < -0.3 is 9.26 Å². The number of hydrogen-bond acceptors (Lipinski definition) is 5. The second kappa shape index (κ2) is 9.16. The van der Waals surface area contributed by atoms with E-state index in [0.717, 1.165) is 10.4 Å². The van der Waals surface area contributed by atoms with Gasteiger partial charge in [-0.3, -0.25) is 9.59 Å². The van der Waals surface area contributed by atoms with Gasteiger partial charge in [0.05, 0.1) is 12.5 Å². The Morgan fingerprint density at radius 1 is 0.935 bits per heavy atom. The monoisotopic (exact) mass is 439 g/mol. The number of amides is 2. The number of nitrogens with zero attached hydrogens (tertiary/aromatic N) is 1. The first-order valence-corrected chi connectivity index (χ1v) is 12.4. The Kier molecular flexibility index (Phi) is 6.76. The molecule has 1 heterocycles. The average molecular weight is 440 g/mol. The predicted octanol–water partition coefficient (Wildman–Crippen LogP) is 2.95. The molecule has 7 heteroatoms. The molecule has 0 aromatic heterocycles. The summed E-state index contributed by atoms with van der Waals surface area (Å²) in [5.41, 5.74) is 0. The molecule has 0 radical (unpaired) electrons. The number of carbonyl (C=O) groups excluding carboxylic acids is 3. The highest BCUT2D eigenvalue weighted by atomic mass is 28.4. The van der Waals surface area contributed by atoms with Crippen molar-refractivity contribution in [1.29, 1.82) is 0 Å². The van der Waals surface area contributed by atoms with E-state index in [2.05, 4.69) is 45.0 Å². The topological polar surface area (TPSA) is 72.9 Å². The van der Waals surface area contributed by atoms with Gasteiger partial charge in [0, 0.05) is 12.8 Å². The summed E-state index contributed by atoms with van der Waals surface area (Å²) in [6.45, 7) is 8.30. The first kappa shape index (κ1) is 22.9. The van der Waals surface area contributed by atoms with E-state index in [4.69, 9.17) is 9.26 Å². The molecule has 1 saturated heterocycles. The van der Waals surface area contributed by atoms with Crippen LogP contribution in [0.25, 0.3) is 0 Å². The fourth-order valence-corrected chi connectivity index (χ4v) is 8.77. The third-order valence-corrected chi connectivity index (χ3v) is 10.6. The molecule has 1 atom stereocenters. The van der Waals surface area contributed by atoms with Gasteiger partial charge in [-0.2, -0.15) is 0 Å². The predicted molar refractivity (Wildman–Crippen MR) is 120 cm³/mol. The highest BCUT2D eigenvalue weighted by Crippen LogP contribution is 2.37. The molecule has 164 valence electrons. The summed E-state index contributed by atoms with van der Waals surface area (Å²) < 4.78 is 6.81. The van der Waals surface area contributed by atoms with E-state index in [1.807, 2.05) is 43.3 Å². The van der Waals surface area contributed by atoms with Gasteiger partial charge in [0.15, 0.2) is 0 Å². The minimum Gasteiger partial charge on any atom is -0.404 e. The Morgan fingerprint density at radius 3 is 1.81 bits per heavy atom. The lowest BCUT2D eigenvalue weighted by Crippen LogP contribution is -2.67. The smallest absolute Gasteiger partial charge is 0.335 e. The van der Waals surface area contributed by atoms with Gasteiger partial charge in [-0.1, -0.05) is 81.4 Å². The van der Waals surface area contributed by atoms with Gasteiger partial charge in [-0.15, -0.1) is 5.06 Å². The molecule has 31 heavy (non-hydrogen) atoms. The van der Waals surface area contributed by atoms with Crippen molar-refractivity contribution in [2.75, 3.05) is 0 Å². The Bertz CT molecular complexity index is 884. The number of rotatable bonds is 7. The van der Waals surface area contributed by atoms with Crippen LogP contribution in [-0.4, -0.2) is 37.3 Å². The molecule has 0 saturated carbocycles. The van der Waals surface area contributed by atoms with Gasteiger partial charge in [0.25, 0.3) is 20.1 Å². The summed E-state index contributed by atoms with van der Waals surface area (Å²) >= 11 is 0. The van der Waals surface area contributed by atoms with E-state index in [1.165, 1.54) is 0 Å². The molecule has 2 aromatic rings. The first-order chi connectivity index (χ1) is 14.6. The molecule has 1 unspecified atom stereocenters. The van der Waals surface area contributed by atoms with Crippen molar-refractivity contribution < 1.29 is 23.6 Å². The molecule has 1 fully saturated rings. The number of benzene rings is 2. The van der Waals surface area contributed by atoms with Crippen LogP contribution in [0, 0.1) is 0 Å². The van der Waals surface area contributed by atoms with Crippen molar-refractivity contribution in [3.05, 3.63) is 60.7 Å². The SMILES string of the molecule is CC(CC(=O)ON1C(=O)CCC1=O)O[Si](c1ccccc1)(c1ccccc1)C(C)(C)C. The molecule has 0 bridgehead atoms. The highest BCUT2D eigenvalue weighted by molar-refractivity contribution is 6.99. The summed E-state index contributed by atoms with van der Waals surface area (Å²) in [6.07, 6.45) is -0.409. The maximum absolute atomic E-state index is 12.5. The van der Waals surface area contributed by atoms with Crippen molar-refractivity contribution >= 4 is 36.5 Å². The Hall–Kier alpha value is -2.77. The molecule has 2 amide bonds. The van der Waals surface area contributed by atoms with Crippen molar-refractivity contribution in [2.24, 2.45) is 0 Å². The lowest BCUT2D eigenvalue weighted by Gasteiger charge is -2.44. The Morgan fingerprint density at radius 2 is 1.39 bits per heavy atom. The zero-order valence-corrected chi connectivity index (χ0v) is 19.5. The van der Waals surface area contributed by atoms with Crippen LogP contribution in [0.3, 0.4) is 0 Å². The minimum atomic E-state index is -2.81. The maximum atomic E-state index is 12.5. The average Bonchev–Trinajstić information content (AvgIpc) is 3.04. The molecule has 2 aromatic carbocycles. The quantitative estimate of drug-likeness (QED) is 0.490. The largest absolute Gasteiger partial charge is 0.404 e. The van der Waals surface area contributed by atoms with E-state index in [9.17, 15) is 14.4 Å². The third kappa shape index (κ3) is 4.78. The van der Waals surface area contributed by atoms with Crippen LogP contribution >= 0.6 is 0 Å². The van der Waals surface area contributed by atoms with Crippen molar-refractivity contribution in [3.63, 3.8) is 0 Å². The van der Waals surface area contributed by atoms with Crippen molar-refractivity contribution in [1.82, 2.24) is 5.06 Å². The lowest BCUT2D eigenvalue weighted by atomic mass is 10.2. The third-order valence-electron chi connectivity index (χ3n) is 5.45. The zero-order valence-electron chi connectivity index (χ0n) is 18.5. The molecule has 1 aliphatic heterocycles. The first-order valence-electron chi connectivity index (χ1n) is 10.5. The van der Waals surface area contributed by atoms with Crippen molar-refractivity contribution in [3.8, 4) is 0 Å². The van der Waals surface area contributed by atoms with E-state index < -0.39 is 32.2 Å². The Balaban J connectivity index is 1.89. The van der Waals surface area contributed by atoms with Crippen molar-refractivity contribution in [2.45, 2.75) is 58.1 Å². The van der Waals surface area contributed by atoms with Gasteiger partial charge in [-0.05, 0) is 22.3 Å². The standard InChI is InChI=1S/C24H29NO5Si/c1-18(17-23(28)29-25-21(26)15-16-22(25)27)30-31(24(2,3)4,19-11-7-5-8-12-19)20-13-9-6-10-14-20/h5-14,18H,15-17H2,1-4H3. The Labute approximate surface area is 184 Å². The molecule has 0 spiro atoms. The fraction of sp³-hybridized carbons (Fsp3) is 0.375. The lowest BCUT2D eigenvalue weighted by molar-refractivity contribution is -0.198. The van der Waals surface area contributed by atoms with Crippen LogP contribution in [0.4, 0.5) is 0 Å². The van der Waals surface area contributed by atoms with E-state index in [-0.39, 0.29) is 24.3 Å². The van der Waals surface area contributed by atoms with E-state index in [1.54, 1.807) is 0 Å². The van der Waals surface area contributed by atoms with Gasteiger partial charge in [-0.25, -0.2) is 4.79 Å². The van der Waals surface area contributed by atoms with E-state index >= 15 is 0 Å². The summed E-state index contributed by atoms with van der Waals surface area (Å²) in [5.74, 6) is -1.63. The highest BCUT2D eigenvalue weighted by Gasteiger charge is 2.51. The number of hydroxylamine groups is 2. The molecule has 0 N–H and O–H groups in total.